The second-order valence-electron chi connectivity index (χ2n) is 6.77. The Morgan fingerprint density at radius 3 is 2.54 bits per heavy atom. The van der Waals surface area contributed by atoms with Crippen LogP contribution in [0.4, 0.5) is 0 Å². The molecule has 1 unspecified atom stereocenters. The van der Waals surface area contributed by atoms with Crippen LogP contribution in [0.1, 0.15) is 23.9 Å². The number of H-pyrrole nitrogens is 1. The first-order chi connectivity index (χ1) is 12.6. The van der Waals surface area contributed by atoms with E-state index in [1.165, 1.54) is 16.0 Å². The van der Waals surface area contributed by atoms with E-state index in [9.17, 15) is 4.79 Å². The van der Waals surface area contributed by atoms with Crippen LogP contribution in [-0.2, 0) is 19.5 Å². The van der Waals surface area contributed by atoms with Crippen LogP contribution < -0.4 is 10.5 Å². The minimum absolute atomic E-state index is 0.221. The number of benzene rings is 2. The summed E-state index contributed by atoms with van der Waals surface area (Å²) in [5.74, 6) is 0.678. The third-order valence-corrected chi connectivity index (χ3v) is 4.69. The van der Waals surface area contributed by atoms with Gasteiger partial charge in [-0.1, -0.05) is 43.3 Å². The van der Waals surface area contributed by atoms with Crippen LogP contribution in [0, 0.1) is 0 Å². The number of aryl methyl sites for hydroxylation is 1. The van der Waals surface area contributed by atoms with Crippen LogP contribution in [0.3, 0.4) is 0 Å². The number of fused-ring (bicyclic) bond motifs is 3. The Morgan fingerprint density at radius 2 is 1.77 bits per heavy atom. The normalized spacial score (nSPS) is 12.7. The molecule has 0 aliphatic carbocycles. The number of nitrogens with one attached hydrogen (secondary N) is 2. The second kappa shape index (κ2) is 6.77. The Labute approximate surface area is 151 Å². The van der Waals surface area contributed by atoms with E-state index in [0.717, 1.165) is 18.4 Å². The predicted octanol–water partition coefficient (Wildman–Crippen LogP) is 2.45. The molecule has 132 valence electrons. The zero-order valence-electron chi connectivity index (χ0n) is 15.0. The first-order valence-corrected chi connectivity index (χ1v) is 8.93. The van der Waals surface area contributed by atoms with E-state index in [-0.39, 0.29) is 5.56 Å². The van der Waals surface area contributed by atoms with Crippen molar-refractivity contribution in [3.05, 3.63) is 75.8 Å². The molecule has 4 rings (SSSR count). The van der Waals surface area contributed by atoms with Gasteiger partial charge in [0.25, 0.3) is 5.56 Å². The van der Waals surface area contributed by atoms with Gasteiger partial charge >= 0.3 is 0 Å². The van der Waals surface area contributed by atoms with Gasteiger partial charge in [-0.25, -0.2) is 4.98 Å². The lowest BCUT2D eigenvalue weighted by Crippen LogP contribution is -3.06. The highest BCUT2D eigenvalue weighted by Gasteiger charge is 2.15. The maximum atomic E-state index is 12.4. The van der Waals surface area contributed by atoms with Gasteiger partial charge in [0.05, 0.1) is 7.05 Å². The maximum absolute atomic E-state index is 12.4. The van der Waals surface area contributed by atoms with Crippen LogP contribution in [0.5, 0.6) is 0 Å². The molecule has 5 heteroatoms. The molecule has 0 spiro atoms. The SMILES string of the molecule is CCc1ccc(C[NH+](C)Cc2nc3c(oc4ccccc43)c(=O)[nH]2)cc1. The third kappa shape index (κ3) is 3.13. The molecule has 4 aromatic rings. The van der Waals surface area contributed by atoms with Gasteiger partial charge in [-0.3, -0.25) is 4.79 Å². The van der Waals surface area contributed by atoms with Gasteiger partial charge in [-0.15, -0.1) is 0 Å². The average Bonchev–Trinajstić information content (AvgIpc) is 3.02. The zero-order valence-corrected chi connectivity index (χ0v) is 15.0. The number of aromatic nitrogens is 2. The summed E-state index contributed by atoms with van der Waals surface area (Å²) in [6.07, 6.45) is 1.05. The number of aromatic amines is 1. The quantitative estimate of drug-likeness (QED) is 0.582. The van der Waals surface area contributed by atoms with Crippen molar-refractivity contribution in [3.63, 3.8) is 0 Å². The number of rotatable bonds is 5. The molecule has 2 N–H and O–H groups in total. The van der Waals surface area contributed by atoms with Crippen LogP contribution in [0.15, 0.2) is 57.7 Å². The van der Waals surface area contributed by atoms with E-state index in [1.54, 1.807) is 0 Å². The molecule has 2 heterocycles. The zero-order chi connectivity index (χ0) is 18.1. The van der Waals surface area contributed by atoms with Crippen LogP contribution in [0.2, 0.25) is 0 Å². The van der Waals surface area contributed by atoms with Crippen molar-refractivity contribution in [1.29, 1.82) is 0 Å². The number of hydrogen-bond donors (Lipinski definition) is 2. The molecule has 0 saturated carbocycles. The molecule has 0 saturated heterocycles. The standard InChI is InChI=1S/C21H21N3O2/c1-3-14-8-10-15(11-9-14)12-24(2)13-18-22-19-16-6-4-5-7-17(16)26-20(19)21(25)23-18/h4-11H,3,12-13H2,1-2H3,(H,22,23,25)/p+1. The molecular weight excluding hydrogens is 326 g/mol. The minimum Gasteiger partial charge on any atom is -0.449 e. The first-order valence-electron chi connectivity index (χ1n) is 8.93. The molecule has 5 nitrogen and oxygen atoms in total. The average molecular weight is 348 g/mol. The fraction of sp³-hybridized carbons (Fsp3) is 0.238. The van der Waals surface area contributed by atoms with Crippen molar-refractivity contribution in [3.8, 4) is 0 Å². The maximum Gasteiger partial charge on any atom is 0.294 e. The fourth-order valence-electron chi connectivity index (χ4n) is 3.32. The van der Waals surface area contributed by atoms with Gasteiger partial charge in [0.15, 0.2) is 5.82 Å². The van der Waals surface area contributed by atoms with E-state index in [2.05, 4.69) is 48.2 Å². The molecule has 0 amide bonds. The lowest BCUT2D eigenvalue weighted by atomic mass is 10.1. The lowest BCUT2D eigenvalue weighted by molar-refractivity contribution is -0.908. The van der Waals surface area contributed by atoms with E-state index in [4.69, 9.17) is 4.42 Å². The van der Waals surface area contributed by atoms with Gasteiger partial charge in [0, 0.05) is 10.9 Å². The van der Waals surface area contributed by atoms with Crippen LogP contribution in [-0.4, -0.2) is 17.0 Å². The van der Waals surface area contributed by atoms with Gasteiger partial charge < -0.3 is 14.3 Å². The highest BCUT2D eigenvalue weighted by atomic mass is 16.3. The van der Waals surface area contributed by atoms with E-state index in [0.29, 0.717) is 29.1 Å². The van der Waals surface area contributed by atoms with Gasteiger partial charge in [-0.2, -0.15) is 0 Å². The molecule has 2 aromatic heterocycles. The van der Waals surface area contributed by atoms with Gasteiger partial charge in [0.2, 0.25) is 5.58 Å². The molecule has 0 aliphatic rings. The molecule has 2 aromatic carbocycles. The summed E-state index contributed by atoms with van der Waals surface area (Å²) in [6, 6.07) is 16.3. The number of nitrogens with zero attached hydrogens (tertiary/aromatic N) is 1. The molecule has 26 heavy (non-hydrogen) atoms. The Bertz CT molecular complexity index is 1110. The van der Waals surface area contributed by atoms with E-state index in [1.807, 2.05) is 24.3 Å². The molecule has 0 radical (unpaired) electrons. The molecule has 0 bridgehead atoms. The van der Waals surface area contributed by atoms with E-state index < -0.39 is 0 Å². The number of quaternary nitrogens is 1. The Morgan fingerprint density at radius 1 is 1.04 bits per heavy atom. The topological polar surface area (TPSA) is 63.3 Å². The first kappa shape index (κ1) is 16.5. The summed E-state index contributed by atoms with van der Waals surface area (Å²) >= 11 is 0. The van der Waals surface area contributed by atoms with Crippen LogP contribution in [0.25, 0.3) is 22.1 Å². The van der Waals surface area contributed by atoms with Crippen molar-refractivity contribution in [1.82, 2.24) is 9.97 Å². The molecular formula is C21H22N3O2+. The molecule has 1 atom stereocenters. The van der Waals surface area contributed by atoms with Crippen molar-refractivity contribution < 1.29 is 9.32 Å². The van der Waals surface area contributed by atoms with Gasteiger partial charge in [-0.05, 0) is 24.1 Å². The Hall–Kier alpha value is -2.92. The van der Waals surface area contributed by atoms with Crippen molar-refractivity contribution in [2.24, 2.45) is 0 Å². The summed E-state index contributed by atoms with van der Waals surface area (Å²) in [7, 11) is 2.10. The summed E-state index contributed by atoms with van der Waals surface area (Å²) < 4.78 is 5.65. The lowest BCUT2D eigenvalue weighted by Gasteiger charge is -2.13. The molecule has 0 aliphatic heterocycles. The second-order valence-corrected chi connectivity index (χ2v) is 6.77. The van der Waals surface area contributed by atoms with E-state index >= 15 is 0 Å². The highest BCUT2D eigenvalue weighted by molar-refractivity contribution is 6.01. The van der Waals surface area contributed by atoms with Crippen molar-refractivity contribution >= 4 is 22.1 Å². The smallest absolute Gasteiger partial charge is 0.294 e. The summed E-state index contributed by atoms with van der Waals surface area (Å²) in [4.78, 5) is 21.2. The monoisotopic (exact) mass is 348 g/mol. The largest absolute Gasteiger partial charge is 0.449 e. The van der Waals surface area contributed by atoms with Crippen LogP contribution >= 0.6 is 0 Å². The summed E-state index contributed by atoms with van der Waals surface area (Å²) in [5.41, 5.74) is 4.02. The summed E-state index contributed by atoms with van der Waals surface area (Å²) in [6.45, 7) is 3.67. The number of furan rings is 1. The Kier molecular flexibility index (Phi) is 4.31. The summed E-state index contributed by atoms with van der Waals surface area (Å²) in [5, 5.41) is 0.877. The number of hydrogen-bond acceptors (Lipinski definition) is 3. The minimum atomic E-state index is -0.221. The third-order valence-electron chi connectivity index (χ3n) is 4.69. The highest BCUT2D eigenvalue weighted by Crippen LogP contribution is 2.24. The Balaban J connectivity index is 1.59. The van der Waals surface area contributed by atoms with Crippen molar-refractivity contribution in [2.45, 2.75) is 26.4 Å². The number of para-hydroxylation sites is 1. The molecule has 0 fully saturated rings. The fourth-order valence-corrected chi connectivity index (χ4v) is 3.32. The predicted molar refractivity (Wildman–Crippen MR) is 102 cm³/mol. The van der Waals surface area contributed by atoms with Gasteiger partial charge in [0.1, 0.15) is 24.2 Å². The van der Waals surface area contributed by atoms with Crippen molar-refractivity contribution in [2.75, 3.05) is 7.05 Å².